The Bertz CT molecular complexity index is 1190. The first kappa shape index (κ1) is 23.9. The minimum absolute atomic E-state index is 0.338. The first-order valence-electron chi connectivity index (χ1n) is 12.0. The van der Waals surface area contributed by atoms with Crippen molar-refractivity contribution in [3.05, 3.63) is 57.5 Å². The van der Waals surface area contributed by atoms with Gasteiger partial charge in [-0.2, -0.15) is 5.10 Å². The number of thioether (sulfide) groups is 1. The van der Waals surface area contributed by atoms with Gasteiger partial charge >= 0.3 is 0 Å². The van der Waals surface area contributed by atoms with Gasteiger partial charge in [0.05, 0.1) is 26.8 Å². The molecule has 1 aromatic heterocycles. The van der Waals surface area contributed by atoms with E-state index in [0.29, 0.717) is 42.5 Å². The van der Waals surface area contributed by atoms with E-state index in [2.05, 4.69) is 10.00 Å². The molecule has 1 spiro atoms. The summed E-state index contributed by atoms with van der Waals surface area (Å²) >= 11 is 7.48. The molecule has 1 aliphatic carbocycles. The summed E-state index contributed by atoms with van der Waals surface area (Å²) in [6.07, 6.45) is 6.39. The number of allylic oxidation sites excluding steroid dienone is 1. The van der Waals surface area contributed by atoms with E-state index in [1.165, 1.54) is 23.9 Å². The number of hydrogen-bond acceptors (Lipinski definition) is 5. The van der Waals surface area contributed by atoms with Crippen LogP contribution in [0, 0.1) is 18.7 Å². The van der Waals surface area contributed by atoms with E-state index >= 15 is 0 Å². The van der Waals surface area contributed by atoms with E-state index in [1.807, 2.05) is 19.2 Å². The predicted octanol–water partition coefficient (Wildman–Crippen LogP) is 5.08. The molecule has 1 aromatic carbocycles. The molecule has 3 aliphatic heterocycles. The number of halogens is 4. The van der Waals surface area contributed by atoms with Crippen LogP contribution in [0.2, 0.25) is 0 Å². The molecule has 1 saturated carbocycles. The number of aromatic nitrogens is 2. The van der Waals surface area contributed by atoms with Gasteiger partial charge in [-0.25, -0.2) is 17.9 Å². The Morgan fingerprint density at radius 1 is 1.23 bits per heavy atom. The zero-order chi connectivity index (χ0) is 24.6. The number of fused-ring (bicyclic) bond motifs is 2. The Morgan fingerprint density at radius 3 is 2.69 bits per heavy atom. The van der Waals surface area contributed by atoms with Gasteiger partial charge in [-0.3, -0.25) is 4.90 Å². The number of benzene rings is 1. The number of aryl methyl sites for hydroxylation is 1. The van der Waals surface area contributed by atoms with E-state index < -0.39 is 29.6 Å². The molecule has 188 valence electrons. The summed E-state index contributed by atoms with van der Waals surface area (Å²) in [5.74, 6) is -4.11. The van der Waals surface area contributed by atoms with Crippen molar-refractivity contribution < 1.29 is 17.9 Å². The zero-order valence-corrected chi connectivity index (χ0v) is 21.0. The Morgan fingerprint density at radius 2 is 1.97 bits per heavy atom. The summed E-state index contributed by atoms with van der Waals surface area (Å²) in [6, 6.07) is 5.02. The minimum Gasteiger partial charge on any atom is -0.367 e. The number of alkyl halides is 2. The second-order valence-electron chi connectivity index (χ2n) is 10.4. The summed E-state index contributed by atoms with van der Waals surface area (Å²) in [5, 5.41) is 4.26. The van der Waals surface area contributed by atoms with Crippen LogP contribution >= 0.6 is 23.4 Å². The topological polar surface area (TPSA) is 56.3 Å². The zero-order valence-electron chi connectivity index (χ0n) is 19.4. The van der Waals surface area contributed by atoms with Crippen LogP contribution in [0.1, 0.15) is 42.5 Å². The van der Waals surface area contributed by atoms with Crippen molar-refractivity contribution in [3.63, 3.8) is 0 Å². The SMILES string of the molecule is Cc1nn(-c2c(F)cccc2C2(N)CC2)cc1CN1CCC2(CC1)OCC(F)(F)C1C=C(Cl)SC12. The van der Waals surface area contributed by atoms with Crippen molar-refractivity contribution in [2.75, 3.05) is 19.7 Å². The van der Waals surface area contributed by atoms with Gasteiger partial charge in [0.15, 0.2) is 0 Å². The smallest absolute Gasteiger partial charge is 0.278 e. The molecule has 10 heteroatoms. The molecule has 2 unspecified atom stereocenters. The molecular weight excluding hydrogens is 497 g/mol. The van der Waals surface area contributed by atoms with E-state index in [0.717, 1.165) is 29.7 Å². The van der Waals surface area contributed by atoms with Crippen LogP contribution in [-0.2, 0) is 16.8 Å². The van der Waals surface area contributed by atoms with Gasteiger partial charge in [-0.15, -0.1) is 11.8 Å². The number of para-hydroxylation sites is 1. The Balaban J connectivity index is 1.18. The van der Waals surface area contributed by atoms with Crippen molar-refractivity contribution in [2.24, 2.45) is 11.7 Å². The normalized spacial score (nSPS) is 28.7. The van der Waals surface area contributed by atoms with Gasteiger partial charge < -0.3 is 10.5 Å². The standard InChI is InChI=1S/C25H28ClF3N4OS/c1-15-16(13-33(31-15)21-17(23(30)5-6-23)3-2-4-19(21)27)12-32-9-7-24(8-10-32)22-18(11-20(26)35-22)25(28,29)14-34-24/h2-4,11,13,18,22H,5-10,12,14,30H2,1H3. The number of rotatable bonds is 4. The van der Waals surface area contributed by atoms with Crippen LogP contribution < -0.4 is 5.73 Å². The highest BCUT2D eigenvalue weighted by Crippen LogP contribution is 2.56. The third kappa shape index (κ3) is 4.03. The van der Waals surface area contributed by atoms with E-state index in [-0.39, 0.29) is 11.1 Å². The van der Waals surface area contributed by atoms with Crippen LogP contribution in [0.15, 0.2) is 34.8 Å². The lowest BCUT2D eigenvalue weighted by Crippen LogP contribution is -2.61. The van der Waals surface area contributed by atoms with Crippen molar-refractivity contribution in [2.45, 2.75) is 61.5 Å². The molecular formula is C25H28ClF3N4OS. The average Bonchev–Trinajstić information content (AvgIpc) is 3.26. The molecule has 2 saturated heterocycles. The van der Waals surface area contributed by atoms with Crippen molar-refractivity contribution >= 4 is 23.4 Å². The van der Waals surface area contributed by atoms with Crippen molar-refractivity contribution in [1.82, 2.24) is 14.7 Å². The molecule has 6 rings (SSSR count). The summed E-state index contributed by atoms with van der Waals surface area (Å²) in [7, 11) is 0. The van der Waals surface area contributed by atoms with Gasteiger partial charge in [0, 0.05) is 42.5 Å². The molecule has 5 nitrogen and oxygen atoms in total. The van der Waals surface area contributed by atoms with Crippen LogP contribution in [0.4, 0.5) is 13.2 Å². The van der Waals surface area contributed by atoms with Gasteiger partial charge in [0.1, 0.15) is 18.1 Å². The number of hydrogen-bond donors (Lipinski definition) is 1. The number of ether oxygens (including phenoxy) is 1. The fourth-order valence-electron chi connectivity index (χ4n) is 5.74. The first-order chi connectivity index (χ1) is 16.6. The van der Waals surface area contributed by atoms with Gasteiger partial charge in [0.2, 0.25) is 0 Å². The maximum absolute atomic E-state index is 14.9. The minimum atomic E-state index is -2.89. The third-order valence-corrected chi connectivity index (χ3v) is 9.80. The predicted molar refractivity (Wildman–Crippen MR) is 130 cm³/mol. The summed E-state index contributed by atoms with van der Waals surface area (Å²) < 4.78 is 51.7. The molecule has 0 amide bonds. The maximum atomic E-state index is 14.9. The van der Waals surface area contributed by atoms with Crippen LogP contribution in [0.25, 0.3) is 5.69 Å². The van der Waals surface area contributed by atoms with Crippen LogP contribution in [-0.4, -0.2) is 51.2 Å². The number of likely N-dealkylation sites (tertiary alicyclic amines) is 1. The molecule has 4 heterocycles. The lowest BCUT2D eigenvalue weighted by molar-refractivity contribution is -0.215. The van der Waals surface area contributed by atoms with E-state index in [4.69, 9.17) is 22.1 Å². The van der Waals surface area contributed by atoms with Crippen LogP contribution in [0.5, 0.6) is 0 Å². The molecule has 2 atom stereocenters. The molecule has 3 fully saturated rings. The van der Waals surface area contributed by atoms with Crippen molar-refractivity contribution in [1.29, 1.82) is 0 Å². The summed E-state index contributed by atoms with van der Waals surface area (Å²) in [5.41, 5.74) is 8.38. The highest BCUT2D eigenvalue weighted by atomic mass is 35.5. The summed E-state index contributed by atoms with van der Waals surface area (Å²) in [4.78, 5) is 2.28. The highest BCUT2D eigenvalue weighted by molar-refractivity contribution is 8.05. The Kier molecular flexibility index (Phi) is 5.62. The molecule has 35 heavy (non-hydrogen) atoms. The second kappa shape index (κ2) is 8.25. The van der Waals surface area contributed by atoms with Crippen molar-refractivity contribution in [3.8, 4) is 5.69 Å². The highest BCUT2D eigenvalue weighted by Gasteiger charge is 2.60. The Hall–Kier alpha value is -1.52. The maximum Gasteiger partial charge on any atom is 0.278 e. The third-order valence-electron chi connectivity index (χ3n) is 8.07. The second-order valence-corrected chi connectivity index (χ2v) is 12.2. The fourth-order valence-corrected chi connectivity index (χ4v) is 7.57. The monoisotopic (exact) mass is 524 g/mol. The molecule has 0 bridgehead atoms. The number of nitrogens with zero attached hydrogens (tertiary/aromatic N) is 3. The largest absolute Gasteiger partial charge is 0.367 e. The molecule has 0 radical (unpaired) electrons. The Labute approximate surface area is 211 Å². The lowest BCUT2D eigenvalue weighted by atomic mass is 9.77. The van der Waals surface area contributed by atoms with Gasteiger partial charge in [0.25, 0.3) is 5.92 Å². The number of nitrogens with two attached hydrogens (primary N) is 1. The molecule has 2 N–H and O–H groups in total. The fraction of sp³-hybridized carbons (Fsp3) is 0.560. The van der Waals surface area contributed by atoms with Crippen LogP contribution in [0.3, 0.4) is 0 Å². The quantitative estimate of drug-likeness (QED) is 0.604. The number of piperidine rings is 1. The lowest BCUT2D eigenvalue weighted by Gasteiger charge is -2.51. The van der Waals surface area contributed by atoms with E-state index in [1.54, 1.807) is 10.7 Å². The molecule has 2 aromatic rings. The molecule has 4 aliphatic rings. The van der Waals surface area contributed by atoms with Gasteiger partial charge in [-0.05, 0) is 44.7 Å². The summed E-state index contributed by atoms with van der Waals surface area (Å²) in [6.45, 7) is 3.44. The average molecular weight is 525 g/mol. The first-order valence-corrected chi connectivity index (χ1v) is 13.3. The van der Waals surface area contributed by atoms with Gasteiger partial charge in [-0.1, -0.05) is 23.7 Å². The van der Waals surface area contributed by atoms with E-state index in [9.17, 15) is 13.2 Å².